The molecule has 0 saturated carbocycles. The number of carbonyl (C=O) groups excluding carboxylic acids is 1. The van der Waals surface area contributed by atoms with Gasteiger partial charge in [-0.3, -0.25) is 9.36 Å². The lowest BCUT2D eigenvalue weighted by molar-refractivity contribution is -0.123. The number of nitrogens with zero attached hydrogens (tertiary/aromatic N) is 2. The number of primary amides is 1. The van der Waals surface area contributed by atoms with Crippen molar-refractivity contribution in [3.8, 4) is 0 Å². The molecule has 1 aromatic rings. The SMILES string of the molecule is CC(C)NC(C)(CSc1n[nH]c(=O)n1C(C)C)C(N)=O. The van der Waals surface area contributed by atoms with Gasteiger partial charge in [0.2, 0.25) is 5.91 Å². The molecule has 0 aliphatic heterocycles. The predicted octanol–water partition coefficient (Wildman–Crippen LogP) is 0.486. The fraction of sp³-hybridized carbons (Fsp3) is 0.750. The quantitative estimate of drug-likeness (QED) is 0.635. The van der Waals surface area contributed by atoms with Crippen LogP contribution in [0.1, 0.15) is 40.7 Å². The Morgan fingerprint density at radius 3 is 2.55 bits per heavy atom. The van der Waals surface area contributed by atoms with Crippen LogP contribution < -0.4 is 16.7 Å². The molecule has 0 bridgehead atoms. The Balaban J connectivity index is 2.89. The number of hydrogen-bond acceptors (Lipinski definition) is 5. The van der Waals surface area contributed by atoms with Gasteiger partial charge in [0.1, 0.15) is 5.54 Å². The van der Waals surface area contributed by atoms with Crippen molar-refractivity contribution < 1.29 is 4.79 Å². The summed E-state index contributed by atoms with van der Waals surface area (Å²) in [6, 6.07) is 0.126. The lowest BCUT2D eigenvalue weighted by Crippen LogP contribution is -2.57. The van der Waals surface area contributed by atoms with Crippen LogP contribution in [0.25, 0.3) is 0 Å². The van der Waals surface area contributed by atoms with Crippen LogP contribution in [0.3, 0.4) is 0 Å². The molecule has 1 atom stereocenters. The number of rotatable bonds is 7. The van der Waals surface area contributed by atoms with E-state index in [1.54, 1.807) is 11.5 Å². The van der Waals surface area contributed by atoms with Crippen molar-refractivity contribution in [2.24, 2.45) is 5.73 Å². The zero-order valence-electron chi connectivity index (χ0n) is 12.6. The van der Waals surface area contributed by atoms with Crippen molar-refractivity contribution in [3.05, 3.63) is 10.5 Å². The van der Waals surface area contributed by atoms with E-state index in [-0.39, 0.29) is 17.8 Å². The maximum absolute atomic E-state index is 11.7. The predicted molar refractivity (Wildman–Crippen MR) is 79.8 cm³/mol. The largest absolute Gasteiger partial charge is 0.368 e. The first-order chi connectivity index (χ1) is 9.17. The molecule has 0 aliphatic rings. The summed E-state index contributed by atoms with van der Waals surface area (Å²) in [6.07, 6.45) is 0. The second-order valence-corrected chi connectivity index (χ2v) is 6.50. The maximum atomic E-state index is 11.7. The topological polar surface area (TPSA) is 106 Å². The van der Waals surface area contributed by atoms with E-state index in [4.69, 9.17) is 5.73 Å². The van der Waals surface area contributed by atoms with E-state index in [1.807, 2.05) is 27.7 Å². The van der Waals surface area contributed by atoms with Crippen molar-refractivity contribution in [1.82, 2.24) is 20.1 Å². The second-order valence-electron chi connectivity index (χ2n) is 5.56. The van der Waals surface area contributed by atoms with Crippen molar-refractivity contribution in [3.63, 3.8) is 0 Å². The third-order valence-electron chi connectivity index (χ3n) is 2.83. The highest BCUT2D eigenvalue weighted by atomic mass is 32.2. The summed E-state index contributed by atoms with van der Waals surface area (Å²) >= 11 is 1.33. The summed E-state index contributed by atoms with van der Waals surface area (Å²) < 4.78 is 1.56. The lowest BCUT2D eigenvalue weighted by Gasteiger charge is -2.29. The van der Waals surface area contributed by atoms with Gasteiger partial charge >= 0.3 is 5.69 Å². The summed E-state index contributed by atoms with van der Waals surface area (Å²) in [7, 11) is 0. The first kappa shape index (κ1) is 16.8. The molecule has 114 valence electrons. The standard InChI is InChI=1S/C12H23N5O2S/c1-7(2)14-12(5,9(13)18)6-20-11-16-15-10(19)17(11)8(3)4/h7-8,14H,6H2,1-5H3,(H2,13,18)(H,15,19). The van der Waals surface area contributed by atoms with Crippen LogP contribution in [-0.4, -0.2) is 38.0 Å². The monoisotopic (exact) mass is 301 g/mol. The van der Waals surface area contributed by atoms with Gasteiger partial charge in [-0.2, -0.15) is 0 Å². The van der Waals surface area contributed by atoms with Crippen LogP contribution in [0.5, 0.6) is 0 Å². The number of amides is 1. The summed E-state index contributed by atoms with van der Waals surface area (Å²) in [4.78, 5) is 23.3. The van der Waals surface area contributed by atoms with Gasteiger partial charge in [-0.05, 0) is 34.6 Å². The third kappa shape index (κ3) is 3.86. The summed E-state index contributed by atoms with van der Waals surface area (Å²) in [5.41, 5.74) is 4.37. The minimum Gasteiger partial charge on any atom is -0.368 e. The average molecular weight is 301 g/mol. The Hall–Kier alpha value is -1.28. The molecule has 1 heterocycles. The molecule has 7 nitrogen and oxygen atoms in total. The van der Waals surface area contributed by atoms with Crippen molar-refractivity contribution in [2.75, 3.05) is 5.75 Å². The van der Waals surface area contributed by atoms with Gasteiger partial charge in [-0.15, -0.1) is 5.10 Å². The molecule has 0 aliphatic carbocycles. The van der Waals surface area contributed by atoms with E-state index in [1.165, 1.54) is 11.8 Å². The normalized spacial score (nSPS) is 14.8. The molecule has 1 rings (SSSR count). The molecule has 1 amide bonds. The Labute approximate surface area is 122 Å². The molecule has 0 saturated heterocycles. The molecular formula is C12H23N5O2S. The summed E-state index contributed by atoms with van der Waals surface area (Å²) in [6.45, 7) is 9.46. The Morgan fingerprint density at radius 1 is 1.50 bits per heavy atom. The molecule has 0 radical (unpaired) electrons. The molecule has 0 aromatic carbocycles. The zero-order chi connectivity index (χ0) is 15.5. The van der Waals surface area contributed by atoms with E-state index >= 15 is 0 Å². The van der Waals surface area contributed by atoms with E-state index in [9.17, 15) is 9.59 Å². The van der Waals surface area contributed by atoms with Crippen molar-refractivity contribution in [2.45, 2.75) is 57.4 Å². The first-order valence-electron chi connectivity index (χ1n) is 6.54. The molecule has 4 N–H and O–H groups in total. The van der Waals surface area contributed by atoms with Gasteiger partial charge in [0.15, 0.2) is 5.16 Å². The van der Waals surface area contributed by atoms with Gasteiger partial charge < -0.3 is 11.1 Å². The highest BCUT2D eigenvalue weighted by molar-refractivity contribution is 7.99. The highest BCUT2D eigenvalue weighted by Crippen LogP contribution is 2.22. The molecule has 0 spiro atoms. The van der Waals surface area contributed by atoms with E-state index in [2.05, 4.69) is 15.5 Å². The summed E-state index contributed by atoms with van der Waals surface area (Å²) in [5, 5.41) is 10.1. The van der Waals surface area contributed by atoms with Crippen molar-refractivity contribution in [1.29, 1.82) is 0 Å². The molecule has 1 unspecified atom stereocenters. The second kappa shape index (κ2) is 6.45. The van der Waals surface area contributed by atoms with Gasteiger partial charge in [-0.1, -0.05) is 11.8 Å². The number of nitrogens with one attached hydrogen (secondary N) is 2. The van der Waals surface area contributed by atoms with E-state index in [0.717, 1.165) is 0 Å². The van der Waals surface area contributed by atoms with Crippen LogP contribution in [0.2, 0.25) is 0 Å². The average Bonchev–Trinajstić information content (AvgIpc) is 2.66. The Kier molecular flexibility index (Phi) is 5.41. The number of nitrogens with two attached hydrogens (primary N) is 1. The van der Waals surface area contributed by atoms with Gasteiger partial charge in [0.05, 0.1) is 0 Å². The van der Waals surface area contributed by atoms with Crippen LogP contribution in [-0.2, 0) is 4.79 Å². The van der Waals surface area contributed by atoms with E-state index in [0.29, 0.717) is 10.9 Å². The number of H-pyrrole nitrogens is 1. The number of hydrogen-bond donors (Lipinski definition) is 3. The smallest absolute Gasteiger partial charge is 0.344 e. The van der Waals surface area contributed by atoms with Crippen LogP contribution in [0.15, 0.2) is 9.95 Å². The van der Waals surface area contributed by atoms with Gasteiger partial charge in [0.25, 0.3) is 0 Å². The third-order valence-corrected chi connectivity index (χ3v) is 4.10. The Morgan fingerprint density at radius 2 is 2.10 bits per heavy atom. The lowest BCUT2D eigenvalue weighted by atomic mass is 10.0. The minimum atomic E-state index is -0.852. The molecule has 20 heavy (non-hydrogen) atoms. The highest BCUT2D eigenvalue weighted by Gasteiger charge is 2.32. The molecule has 1 aromatic heterocycles. The number of thioether (sulfide) groups is 1. The minimum absolute atomic E-state index is 0.00152. The Bertz CT molecular complexity index is 522. The van der Waals surface area contributed by atoms with Crippen LogP contribution in [0, 0.1) is 0 Å². The van der Waals surface area contributed by atoms with Crippen LogP contribution in [0.4, 0.5) is 0 Å². The first-order valence-corrected chi connectivity index (χ1v) is 7.53. The maximum Gasteiger partial charge on any atom is 0.344 e. The van der Waals surface area contributed by atoms with Gasteiger partial charge in [0, 0.05) is 17.8 Å². The molecule has 8 heteroatoms. The number of carbonyl (C=O) groups is 1. The number of aromatic amines is 1. The fourth-order valence-corrected chi connectivity index (χ4v) is 3.06. The molecule has 0 fully saturated rings. The van der Waals surface area contributed by atoms with Crippen molar-refractivity contribution >= 4 is 17.7 Å². The van der Waals surface area contributed by atoms with Gasteiger partial charge in [-0.25, -0.2) is 9.89 Å². The fourth-order valence-electron chi connectivity index (χ4n) is 1.88. The van der Waals surface area contributed by atoms with E-state index < -0.39 is 11.4 Å². The van der Waals surface area contributed by atoms with Crippen LogP contribution >= 0.6 is 11.8 Å². The number of aromatic nitrogens is 3. The molecular weight excluding hydrogens is 278 g/mol. The summed E-state index contributed by atoms with van der Waals surface area (Å²) in [5.74, 6) is -0.0231. The zero-order valence-corrected chi connectivity index (χ0v) is 13.4.